The number of amides is 1. The number of nitrogens with one attached hydrogen (secondary N) is 1. The van der Waals surface area contributed by atoms with Gasteiger partial charge in [0, 0.05) is 13.2 Å². The number of rotatable bonds is 8. The molecule has 5 heteroatoms. The van der Waals surface area contributed by atoms with Crippen LogP contribution in [0.2, 0.25) is 0 Å². The van der Waals surface area contributed by atoms with Crippen LogP contribution in [0.3, 0.4) is 0 Å². The molecule has 0 aliphatic heterocycles. The SMILES string of the molecule is CCOC(CNC(=O)C(N)CC)OCC. The quantitative estimate of drug-likeness (QED) is 0.572. The van der Waals surface area contributed by atoms with Gasteiger partial charge >= 0.3 is 0 Å². The maximum Gasteiger partial charge on any atom is 0.237 e. The summed E-state index contributed by atoms with van der Waals surface area (Å²) in [4.78, 5) is 11.3. The van der Waals surface area contributed by atoms with Gasteiger partial charge in [0.05, 0.1) is 12.6 Å². The van der Waals surface area contributed by atoms with Crippen LogP contribution in [-0.2, 0) is 14.3 Å². The lowest BCUT2D eigenvalue weighted by atomic mass is 10.2. The highest BCUT2D eigenvalue weighted by Crippen LogP contribution is 1.94. The van der Waals surface area contributed by atoms with E-state index in [4.69, 9.17) is 15.2 Å². The zero-order chi connectivity index (χ0) is 11.7. The predicted octanol–water partition coefficient (Wildman–Crippen LogP) is 0.239. The van der Waals surface area contributed by atoms with Gasteiger partial charge in [0.15, 0.2) is 6.29 Å². The van der Waals surface area contributed by atoms with Crippen LogP contribution in [0.15, 0.2) is 0 Å². The maximum absolute atomic E-state index is 11.3. The van der Waals surface area contributed by atoms with Crippen molar-refractivity contribution in [1.82, 2.24) is 5.32 Å². The Labute approximate surface area is 91.3 Å². The van der Waals surface area contributed by atoms with E-state index in [1.165, 1.54) is 0 Å². The lowest BCUT2D eigenvalue weighted by molar-refractivity contribution is -0.141. The molecule has 0 aromatic carbocycles. The molecule has 15 heavy (non-hydrogen) atoms. The van der Waals surface area contributed by atoms with Crippen molar-refractivity contribution in [2.75, 3.05) is 19.8 Å². The van der Waals surface area contributed by atoms with Crippen LogP contribution in [0.1, 0.15) is 27.2 Å². The molecule has 1 atom stereocenters. The third-order valence-corrected chi connectivity index (χ3v) is 1.92. The van der Waals surface area contributed by atoms with Gasteiger partial charge in [-0.2, -0.15) is 0 Å². The van der Waals surface area contributed by atoms with Crippen molar-refractivity contribution >= 4 is 5.91 Å². The summed E-state index contributed by atoms with van der Waals surface area (Å²) in [7, 11) is 0. The molecule has 1 unspecified atom stereocenters. The van der Waals surface area contributed by atoms with Crippen molar-refractivity contribution < 1.29 is 14.3 Å². The molecule has 1 amide bonds. The van der Waals surface area contributed by atoms with E-state index >= 15 is 0 Å². The lowest BCUT2D eigenvalue weighted by Gasteiger charge is -2.18. The van der Waals surface area contributed by atoms with E-state index in [-0.39, 0.29) is 12.2 Å². The molecular formula is C10H22N2O3. The smallest absolute Gasteiger partial charge is 0.237 e. The summed E-state index contributed by atoms with van der Waals surface area (Å²) in [6.07, 6.45) is 0.243. The fourth-order valence-corrected chi connectivity index (χ4v) is 1.04. The van der Waals surface area contributed by atoms with Crippen LogP contribution in [-0.4, -0.2) is 38.0 Å². The Kier molecular flexibility index (Phi) is 8.27. The van der Waals surface area contributed by atoms with E-state index in [0.717, 1.165) is 0 Å². The number of nitrogens with two attached hydrogens (primary N) is 1. The number of carbonyl (C=O) groups excluding carboxylic acids is 1. The summed E-state index contributed by atoms with van der Waals surface area (Å²) in [5, 5.41) is 2.69. The topological polar surface area (TPSA) is 73.6 Å². The van der Waals surface area contributed by atoms with E-state index in [9.17, 15) is 4.79 Å². The summed E-state index contributed by atoms with van der Waals surface area (Å²) < 4.78 is 10.5. The second kappa shape index (κ2) is 8.64. The summed E-state index contributed by atoms with van der Waals surface area (Å²) in [5.74, 6) is -0.165. The Morgan fingerprint density at radius 1 is 1.27 bits per heavy atom. The van der Waals surface area contributed by atoms with Gasteiger partial charge in [-0.25, -0.2) is 0 Å². The van der Waals surface area contributed by atoms with Crippen molar-refractivity contribution in [1.29, 1.82) is 0 Å². The molecule has 0 bridgehead atoms. The molecule has 0 heterocycles. The van der Waals surface area contributed by atoms with E-state index < -0.39 is 6.04 Å². The summed E-state index contributed by atoms with van der Waals surface area (Å²) in [5.41, 5.74) is 5.56. The van der Waals surface area contributed by atoms with Crippen molar-refractivity contribution in [3.8, 4) is 0 Å². The second-order valence-electron chi connectivity index (χ2n) is 3.10. The molecule has 0 saturated carbocycles. The Balaban J connectivity index is 3.82. The van der Waals surface area contributed by atoms with E-state index in [1.807, 2.05) is 20.8 Å². The normalized spacial score (nSPS) is 12.9. The molecule has 0 fully saturated rings. The van der Waals surface area contributed by atoms with Gasteiger partial charge in [0.2, 0.25) is 5.91 Å². The molecule has 0 aliphatic carbocycles. The molecule has 0 aromatic heterocycles. The zero-order valence-corrected chi connectivity index (χ0v) is 9.79. The monoisotopic (exact) mass is 218 g/mol. The first-order valence-corrected chi connectivity index (χ1v) is 5.42. The van der Waals surface area contributed by atoms with Gasteiger partial charge in [0.25, 0.3) is 0 Å². The molecule has 0 saturated heterocycles. The predicted molar refractivity (Wildman–Crippen MR) is 58.3 cm³/mol. The van der Waals surface area contributed by atoms with Crippen LogP contribution in [0.5, 0.6) is 0 Å². The third kappa shape index (κ3) is 6.43. The maximum atomic E-state index is 11.3. The number of hydrogen-bond acceptors (Lipinski definition) is 4. The molecule has 0 aliphatic rings. The zero-order valence-electron chi connectivity index (χ0n) is 9.79. The van der Waals surface area contributed by atoms with E-state index in [2.05, 4.69) is 5.32 Å². The minimum atomic E-state index is -0.450. The van der Waals surface area contributed by atoms with Crippen LogP contribution in [0.25, 0.3) is 0 Å². The molecule has 0 aromatic rings. The fraction of sp³-hybridized carbons (Fsp3) is 0.900. The molecule has 5 nitrogen and oxygen atoms in total. The number of ether oxygens (including phenoxy) is 2. The highest BCUT2D eigenvalue weighted by molar-refractivity contribution is 5.81. The highest BCUT2D eigenvalue weighted by atomic mass is 16.7. The third-order valence-electron chi connectivity index (χ3n) is 1.92. The van der Waals surface area contributed by atoms with Crippen LogP contribution in [0.4, 0.5) is 0 Å². The Hall–Kier alpha value is -0.650. The molecule has 0 radical (unpaired) electrons. The minimum absolute atomic E-state index is 0.165. The van der Waals surface area contributed by atoms with Crippen LogP contribution in [0, 0.1) is 0 Å². The molecule has 0 spiro atoms. The van der Waals surface area contributed by atoms with Crippen molar-refractivity contribution in [3.63, 3.8) is 0 Å². The van der Waals surface area contributed by atoms with Crippen LogP contribution < -0.4 is 11.1 Å². The summed E-state index contributed by atoms with van der Waals surface area (Å²) in [6.45, 7) is 7.08. The fourth-order valence-electron chi connectivity index (χ4n) is 1.04. The average molecular weight is 218 g/mol. The van der Waals surface area contributed by atoms with Crippen LogP contribution >= 0.6 is 0 Å². The van der Waals surface area contributed by atoms with Gasteiger partial charge < -0.3 is 20.5 Å². The van der Waals surface area contributed by atoms with Crippen molar-refractivity contribution in [3.05, 3.63) is 0 Å². The van der Waals surface area contributed by atoms with Gasteiger partial charge in [-0.15, -0.1) is 0 Å². The summed E-state index contributed by atoms with van der Waals surface area (Å²) >= 11 is 0. The van der Waals surface area contributed by atoms with E-state index in [0.29, 0.717) is 26.2 Å². The van der Waals surface area contributed by atoms with Crippen molar-refractivity contribution in [2.24, 2.45) is 5.73 Å². The summed E-state index contributed by atoms with van der Waals surface area (Å²) in [6, 6.07) is -0.450. The minimum Gasteiger partial charge on any atom is -0.351 e. The van der Waals surface area contributed by atoms with Gasteiger partial charge in [0.1, 0.15) is 0 Å². The standard InChI is InChI=1S/C10H22N2O3/c1-4-8(11)10(13)12-7-9(14-5-2)15-6-3/h8-9H,4-7,11H2,1-3H3,(H,12,13). The number of carbonyl (C=O) groups is 1. The average Bonchev–Trinajstić information content (AvgIpc) is 2.25. The Morgan fingerprint density at radius 2 is 1.80 bits per heavy atom. The molecule has 90 valence electrons. The molecular weight excluding hydrogens is 196 g/mol. The Morgan fingerprint density at radius 3 is 2.20 bits per heavy atom. The Bertz CT molecular complexity index is 170. The van der Waals surface area contributed by atoms with Crippen molar-refractivity contribution in [2.45, 2.75) is 39.5 Å². The highest BCUT2D eigenvalue weighted by Gasteiger charge is 2.13. The molecule has 0 rings (SSSR count). The van der Waals surface area contributed by atoms with Gasteiger partial charge in [-0.3, -0.25) is 4.79 Å². The first kappa shape index (κ1) is 14.3. The molecule has 3 N–H and O–H groups in total. The lowest BCUT2D eigenvalue weighted by Crippen LogP contribution is -2.44. The van der Waals surface area contributed by atoms with Gasteiger partial charge in [-0.1, -0.05) is 6.92 Å². The first-order chi connectivity index (χ1) is 7.15. The largest absolute Gasteiger partial charge is 0.351 e. The van der Waals surface area contributed by atoms with Gasteiger partial charge in [-0.05, 0) is 20.3 Å². The number of hydrogen-bond donors (Lipinski definition) is 2. The van der Waals surface area contributed by atoms with E-state index in [1.54, 1.807) is 0 Å². The first-order valence-electron chi connectivity index (χ1n) is 5.42. The second-order valence-corrected chi connectivity index (χ2v) is 3.10.